The number of rotatable bonds is 7. The normalized spacial score (nSPS) is 11.0. The smallest absolute Gasteiger partial charge is 0.260 e. The molecule has 0 aliphatic rings. The van der Waals surface area contributed by atoms with Crippen molar-refractivity contribution in [1.82, 2.24) is 14.4 Å². The highest BCUT2D eigenvalue weighted by Gasteiger charge is 2.20. The van der Waals surface area contributed by atoms with E-state index in [1.54, 1.807) is 37.4 Å². The molecule has 2 N–H and O–H groups in total. The van der Waals surface area contributed by atoms with E-state index in [1.165, 1.54) is 28.8 Å². The highest BCUT2D eigenvalue weighted by Crippen LogP contribution is 2.36. The van der Waals surface area contributed by atoms with E-state index in [4.69, 9.17) is 21.1 Å². The minimum atomic E-state index is -0.521. The lowest BCUT2D eigenvalue weighted by atomic mass is 10.1. The van der Waals surface area contributed by atoms with E-state index in [0.717, 1.165) is 0 Å². The number of aromatic amines is 1. The Bertz CT molecular complexity index is 1220. The Morgan fingerprint density at radius 2 is 1.97 bits per heavy atom. The van der Waals surface area contributed by atoms with Gasteiger partial charge in [-0.15, -0.1) is 0 Å². The number of imidazole rings is 1. The number of methoxy groups -OCH3 is 1. The molecule has 7 nitrogen and oxygen atoms in total. The van der Waals surface area contributed by atoms with Gasteiger partial charge in [0.1, 0.15) is 24.0 Å². The molecule has 2 heterocycles. The molecular formula is C21H18ClFN4O3. The molecule has 0 amide bonds. The van der Waals surface area contributed by atoms with Crippen LogP contribution in [0.1, 0.15) is 0 Å². The highest BCUT2D eigenvalue weighted by molar-refractivity contribution is 6.33. The van der Waals surface area contributed by atoms with Crippen LogP contribution in [0, 0.1) is 5.82 Å². The van der Waals surface area contributed by atoms with Crippen LogP contribution >= 0.6 is 11.6 Å². The summed E-state index contributed by atoms with van der Waals surface area (Å²) in [4.78, 5) is 19.7. The third-order valence-corrected chi connectivity index (χ3v) is 4.74. The number of aromatic nitrogens is 3. The van der Waals surface area contributed by atoms with Crippen LogP contribution in [-0.4, -0.2) is 34.7 Å². The Hall–Kier alpha value is -3.36. The number of halogens is 2. The van der Waals surface area contributed by atoms with Crippen LogP contribution in [0.15, 0.2) is 59.5 Å². The average Bonchev–Trinajstić information content (AvgIpc) is 3.08. The van der Waals surface area contributed by atoms with Crippen molar-refractivity contribution in [3.8, 4) is 17.0 Å². The number of benzene rings is 2. The van der Waals surface area contributed by atoms with E-state index < -0.39 is 5.82 Å². The Balaban J connectivity index is 1.77. The van der Waals surface area contributed by atoms with Gasteiger partial charge in [0.05, 0.1) is 22.9 Å². The molecule has 2 aromatic carbocycles. The minimum absolute atomic E-state index is 0.145. The summed E-state index contributed by atoms with van der Waals surface area (Å²) in [6, 6.07) is 12.9. The maximum absolute atomic E-state index is 14.6. The van der Waals surface area contributed by atoms with Crippen LogP contribution in [0.3, 0.4) is 0 Å². The molecule has 2 aromatic heterocycles. The van der Waals surface area contributed by atoms with Gasteiger partial charge in [0.15, 0.2) is 0 Å². The van der Waals surface area contributed by atoms with E-state index >= 15 is 0 Å². The molecule has 0 bridgehead atoms. The fourth-order valence-corrected chi connectivity index (χ4v) is 3.30. The summed E-state index contributed by atoms with van der Waals surface area (Å²) in [6.45, 7) is 0.917. The second kappa shape index (κ2) is 8.56. The van der Waals surface area contributed by atoms with Crippen LogP contribution in [0.5, 0.6) is 5.75 Å². The predicted molar refractivity (Wildman–Crippen MR) is 113 cm³/mol. The average molecular weight is 429 g/mol. The molecule has 0 spiro atoms. The van der Waals surface area contributed by atoms with Gasteiger partial charge in [-0.3, -0.25) is 4.79 Å². The fraction of sp³-hybridized carbons (Fsp3) is 0.143. The van der Waals surface area contributed by atoms with Crippen LogP contribution in [0.4, 0.5) is 15.9 Å². The van der Waals surface area contributed by atoms with Gasteiger partial charge in [0.2, 0.25) is 5.78 Å². The number of anilines is 2. The Labute approximate surface area is 176 Å². The van der Waals surface area contributed by atoms with Gasteiger partial charge in [0, 0.05) is 25.1 Å². The number of nitrogens with zero attached hydrogens (tertiary/aromatic N) is 2. The summed E-state index contributed by atoms with van der Waals surface area (Å²) in [5.74, 6) is 0.738. The summed E-state index contributed by atoms with van der Waals surface area (Å²) in [7, 11) is 1.60. The summed E-state index contributed by atoms with van der Waals surface area (Å²) in [6.07, 6.45) is 1.39. The number of hydrogen-bond acceptors (Lipinski definition) is 5. The third-order valence-electron chi connectivity index (χ3n) is 4.43. The number of ether oxygens (including phenoxy) is 2. The molecule has 4 aromatic rings. The molecule has 9 heteroatoms. The topological polar surface area (TPSA) is 80.7 Å². The van der Waals surface area contributed by atoms with Gasteiger partial charge in [-0.05, 0) is 36.4 Å². The standard InChI is InChI=1S/C21H18ClFN4O3/c1-29-11-12-30-14-7-5-13(6-8-14)25-20-19(18-15(22)3-2-4-16(18)23)26-21-24-10-9-17(28)27(20)21/h2-10,25H,11-12H2,1H3,(H,24,26). The summed E-state index contributed by atoms with van der Waals surface area (Å²) >= 11 is 6.27. The van der Waals surface area contributed by atoms with Crippen LogP contribution < -0.4 is 15.6 Å². The monoisotopic (exact) mass is 428 g/mol. The Morgan fingerprint density at radius 3 is 2.70 bits per heavy atom. The van der Waals surface area contributed by atoms with Gasteiger partial charge in [-0.1, -0.05) is 17.7 Å². The number of fused-ring (bicyclic) bond motifs is 1. The molecule has 0 unspecified atom stereocenters. The number of hydrogen-bond donors (Lipinski definition) is 2. The maximum Gasteiger partial charge on any atom is 0.260 e. The first-order valence-corrected chi connectivity index (χ1v) is 9.49. The fourth-order valence-electron chi connectivity index (χ4n) is 3.05. The van der Waals surface area contributed by atoms with E-state index in [1.807, 2.05) is 0 Å². The van der Waals surface area contributed by atoms with Crippen molar-refractivity contribution in [2.45, 2.75) is 0 Å². The summed E-state index contributed by atoms with van der Waals surface area (Å²) < 4.78 is 26.5. The first-order valence-electron chi connectivity index (χ1n) is 9.11. The van der Waals surface area contributed by atoms with Gasteiger partial charge >= 0.3 is 0 Å². The maximum atomic E-state index is 14.6. The third kappa shape index (κ3) is 3.87. The lowest BCUT2D eigenvalue weighted by molar-refractivity contribution is 0.146. The molecule has 0 atom stereocenters. The quantitative estimate of drug-likeness (QED) is 0.430. The molecule has 0 radical (unpaired) electrons. The van der Waals surface area contributed by atoms with E-state index in [-0.39, 0.29) is 21.9 Å². The van der Waals surface area contributed by atoms with Crippen molar-refractivity contribution in [1.29, 1.82) is 0 Å². The first-order chi connectivity index (χ1) is 14.6. The summed E-state index contributed by atoms with van der Waals surface area (Å²) in [5, 5.41) is 3.38. The molecule has 0 saturated carbocycles. The molecular weight excluding hydrogens is 411 g/mol. The van der Waals surface area contributed by atoms with Gasteiger partial charge in [0.25, 0.3) is 5.56 Å². The lowest BCUT2D eigenvalue weighted by Gasteiger charge is -2.11. The zero-order chi connectivity index (χ0) is 21.1. The molecule has 0 aliphatic heterocycles. The van der Waals surface area contributed by atoms with Crippen LogP contribution in [0.25, 0.3) is 17.0 Å². The van der Waals surface area contributed by atoms with Crippen molar-refractivity contribution in [3.05, 3.63) is 75.9 Å². The Kier molecular flexibility index (Phi) is 5.69. The molecule has 0 saturated heterocycles. The van der Waals surface area contributed by atoms with E-state index in [0.29, 0.717) is 36.2 Å². The van der Waals surface area contributed by atoms with E-state index in [9.17, 15) is 9.18 Å². The van der Waals surface area contributed by atoms with Gasteiger partial charge in [-0.2, -0.15) is 0 Å². The largest absolute Gasteiger partial charge is 0.491 e. The zero-order valence-electron chi connectivity index (χ0n) is 16.0. The van der Waals surface area contributed by atoms with Crippen molar-refractivity contribution >= 4 is 28.9 Å². The number of nitrogens with one attached hydrogen (secondary N) is 2. The van der Waals surface area contributed by atoms with Crippen molar-refractivity contribution in [2.24, 2.45) is 0 Å². The first kappa shape index (κ1) is 19.9. The second-order valence-electron chi connectivity index (χ2n) is 6.38. The summed E-state index contributed by atoms with van der Waals surface area (Å²) in [5.41, 5.74) is 0.803. The Morgan fingerprint density at radius 1 is 1.17 bits per heavy atom. The zero-order valence-corrected chi connectivity index (χ0v) is 16.7. The number of H-pyrrole nitrogens is 1. The van der Waals surface area contributed by atoms with Crippen LogP contribution in [-0.2, 0) is 4.74 Å². The van der Waals surface area contributed by atoms with Gasteiger partial charge < -0.3 is 19.8 Å². The molecule has 4 rings (SSSR count). The van der Waals surface area contributed by atoms with Crippen LogP contribution in [0.2, 0.25) is 5.02 Å². The van der Waals surface area contributed by atoms with Gasteiger partial charge in [-0.25, -0.2) is 13.8 Å². The van der Waals surface area contributed by atoms with Crippen molar-refractivity contribution < 1.29 is 13.9 Å². The highest BCUT2D eigenvalue weighted by atomic mass is 35.5. The molecule has 0 aliphatic carbocycles. The molecule has 30 heavy (non-hydrogen) atoms. The van der Waals surface area contributed by atoms with Crippen molar-refractivity contribution in [2.75, 3.05) is 25.6 Å². The van der Waals surface area contributed by atoms with E-state index in [2.05, 4.69) is 15.3 Å². The second-order valence-corrected chi connectivity index (χ2v) is 6.79. The minimum Gasteiger partial charge on any atom is -0.491 e. The lowest BCUT2D eigenvalue weighted by Crippen LogP contribution is -2.13. The molecule has 154 valence electrons. The SMILES string of the molecule is COCCOc1ccc(Nc2c(-c3c(F)cccc3Cl)[nH]c3nccc(=O)n23)cc1. The molecule has 0 fully saturated rings. The predicted octanol–water partition coefficient (Wildman–Crippen LogP) is 4.25. The van der Waals surface area contributed by atoms with Crippen molar-refractivity contribution in [3.63, 3.8) is 0 Å².